The maximum atomic E-state index is 11.6. The molecule has 1 amide bonds. The van der Waals surface area contributed by atoms with Crippen molar-refractivity contribution in [3.63, 3.8) is 0 Å². The van der Waals surface area contributed by atoms with Crippen LogP contribution in [0.15, 0.2) is 0 Å². The number of nitrogens with one attached hydrogen (secondary N) is 2. The van der Waals surface area contributed by atoms with Crippen molar-refractivity contribution in [3.8, 4) is 0 Å². The van der Waals surface area contributed by atoms with Gasteiger partial charge in [-0.25, -0.2) is 0 Å². The number of hydrogen-bond acceptors (Lipinski definition) is 4. The lowest BCUT2D eigenvalue weighted by molar-refractivity contribution is -0.140. The molecule has 18 heavy (non-hydrogen) atoms. The molecule has 2 atom stereocenters. The summed E-state index contributed by atoms with van der Waals surface area (Å²) in [5.74, 6) is -1.68. The number of carbonyl (C=O) groups is 2. The minimum absolute atomic E-state index is 0.0947. The van der Waals surface area contributed by atoms with E-state index in [9.17, 15) is 9.59 Å². The van der Waals surface area contributed by atoms with Crippen molar-refractivity contribution in [1.29, 1.82) is 0 Å². The highest BCUT2D eigenvalue weighted by atomic mass is 16.4. The molecule has 0 aromatic heterocycles. The number of rotatable bonds is 6. The highest BCUT2D eigenvalue weighted by Gasteiger charge is 2.48. The molecule has 1 saturated carbocycles. The van der Waals surface area contributed by atoms with Crippen LogP contribution >= 0.6 is 0 Å². The Balaban J connectivity index is 1.53. The van der Waals surface area contributed by atoms with Gasteiger partial charge in [-0.05, 0) is 19.4 Å². The molecular weight excluding hydrogens is 234 g/mol. The highest BCUT2D eigenvalue weighted by Crippen LogP contribution is 2.38. The van der Waals surface area contributed by atoms with E-state index in [0.717, 1.165) is 39.1 Å². The maximum absolute atomic E-state index is 11.6. The Kier molecular flexibility index (Phi) is 4.54. The summed E-state index contributed by atoms with van der Waals surface area (Å²) in [7, 11) is 0. The molecular formula is C12H21N3O3. The van der Waals surface area contributed by atoms with Crippen molar-refractivity contribution in [2.75, 3.05) is 39.3 Å². The van der Waals surface area contributed by atoms with Crippen LogP contribution < -0.4 is 10.6 Å². The van der Waals surface area contributed by atoms with E-state index in [-0.39, 0.29) is 11.8 Å². The van der Waals surface area contributed by atoms with E-state index in [4.69, 9.17) is 5.11 Å². The van der Waals surface area contributed by atoms with Crippen LogP contribution in [0.5, 0.6) is 0 Å². The van der Waals surface area contributed by atoms with Gasteiger partial charge in [0.25, 0.3) is 0 Å². The third-order valence-corrected chi connectivity index (χ3v) is 3.60. The monoisotopic (exact) mass is 255 g/mol. The second kappa shape index (κ2) is 6.15. The van der Waals surface area contributed by atoms with Crippen molar-refractivity contribution >= 4 is 11.9 Å². The second-order valence-electron chi connectivity index (χ2n) is 5.02. The number of aliphatic carboxylic acids is 1. The first-order valence-corrected chi connectivity index (χ1v) is 6.62. The first-order chi connectivity index (χ1) is 8.68. The van der Waals surface area contributed by atoms with Crippen molar-refractivity contribution in [1.82, 2.24) is 15.5 Å². The number of carboxylic acids is 1. The molecule has 2 fully saturated rings. The lowest BCUT2D eigenvalue weighted by Crippen LogP contribution is -2.44. The summed E-state index contributed by atoms with van der Waals surface area (Å²) in [6.07, 6.45) is 1.43. The smallest absolute Gasteiger partial charge is 0.307 e. The molecule has 6 heteroatoms. The highest BCUT2D eigenvalue weighted by molar-refractivity contribution is 5.89. The van der Waals surface area contributed by atoms with E-state index in [1.165, 1.54) is 0 Å². The molecule has 2 aliphatic rings. The quantitative estimate of drug-likeness (QED) is 0.537. The van der Waals surface area contributed by atoms with Crippen LogP contribution in [-0.2, 0) is 9.59 Å². The van der Waals surface area contributed by atoms with Crippen LogP contribution in [0.3, 0.4) is 0 Å². The Morgan fingerprint density at radius 1 is 1.28 bits per heavy atom. The average molecular weight is 255 g/mol. The Bertz CT molecular complexity index is 316. The third-order valence-electron chi connectivity index (χ3n) is 3.60. The number of carbonyl (C=O) groups excluding carboxylic acids is 1. The van der Waals surface area contributed by atoms with E-state index in [0.29, 0.717) is 13.0 Å². The normalized spacial score (nSPS) is 27.8. The minimum Gasteiger partial charge on any atom is -0.481 e. The van der Waals surface area contributed by atoms with Crippen LogP contribution in [0.2, 0.25) is 0 Å². The van der Waals surface area contributed by atoms with Crippen LogP contribution in [0, 0.1) is 11.8 Å². The molecule has 102 valence electrons. The molecule has 0 radical (unpaired) electrons. The van der Waals surface area contributed by atoms with Crippen LogP contribution in [0.25, 0.3) is 0 Å². The minimum atomic E-state index is -0.851. The van der Waals surface area contributed by atoms with Crippen LogP contribution in [0.1, 0.15) is 12.8 Å². The van der Waals surface area contributed by atoms with Gasteiger partial charge >= 0.3 is 5.97 Å². The SMILES string of the molecule is O=C(O)C1CC1C(=O)NCCCN1CCNCC1. The molecule has 1 aliphatic heterocycles. The van der Waals surface area contributed by atoms with Gasteiger partial charge in [0.1, 0.15) is 0 Å². The topological polar surface area (TPSA) is 81.7 Å². The molecule has 1 saturated heterocycles. The average Bonchev–Trinajstić information content (AvgIpc) is 3.16. The van der Waals surface area contributed by atoms with Crippen molar-refractivity contribution in [3.05, 3.63) is 0 Å². The van der Waals surface area contributed by atoms with Gasteiger partial charge in [0.15, 0.2) is 0 Å². The first kappa shape index (κ1) is 13.3. The van der Waals surface area contributed by atoms with Gasteiger partial charge < -0.3 is 20.6 Å². The van der Waals surface area contributed by atoms with Crippen LogP contribution in [0.4, 0.5) is 0 Å². The summed E-state index contributed by atoms with van der Waals surface area (Å²) in [6, 6.07) is 0. The Labute approximate surface area is 107 Å². The fourth-order valence-electron chi connectivity index (χ4n) is 2.34. The summed E-state index contributed by atoms with van der Waals surface area (Å²) >= 11 is 0. The van der Waals surface area contributed by atoms with E-state index < -0.39 is 11.9 Å². The summed E-state index contributed by atoms with van der Waals surface area (Å²) < 4.78 is 0. The fourth-order valence-corrected chi connectivity index (χ4v) is 2.34. The molecule has 0 spiro atoms. The van der Waals surface area contributed by atoms with Crippen molar-refractivity contribution < 1.29 is 14.7 Å². The van der Waals surface area contributed by atoms with Gasteiger partial charge in [-0.15, -0.1) is 0 Å². The molecule has 0 bridgehead atoms. The Morgan fingerprint density at radius 2 is 2.00 bits per heavy atom. The molecule has 1 heterocycles. The van der Waals surface area contributed by atoms with Gasteiger partial charge in [0.05, 0.1) is 11.8 Å². The zero-order valence-electron chi connectivity index (χ0n) is 10.5. The zero-order valence-corrected chi connectivity index (χ0v) is 10.5. The second-order valence-corrected chi connectivity index (χ2v) is 5.02. The van der Waals surface area contributed by atoms with E-state index in [2.05, 4.69) is 15.5 Å². The predicted molar refractivity (Wildman–Crippen MR) is 66.2 cm³/mol. The number of hydrogen-bond donors (Lipinski definition) is 3. The number of piperazine rings is 1. The van der Waals surface area contributed by atoms with Gasteiger partial charge in [-0.3, -0.25) is 9.59 Å². The van der Waals surface area contributed by atoms with Gasteiger partial charge in [-0.2, -0.15) is 0 Å². The predicted octanol–water partition coefficient (Wildman–Crippen LogP) is -0.881. The van der Waals surface area contributed by atoms with Crippen molar-refractivity contribution in [2.45, 2.75) is 12.8 Å². The molecule has 2 rings (SSSR count). The Hall–Kier alpha value is -1.14. The first-order valence-electron chi connectivity index (χ1n) is 6.62. The number of amides is 1. The summed E-state index contributed by atoms with van der Waals surface area (Å²) in [5.41, 5.74) is 0. The zero-order chi connectivity index (χ0) is 13.0. The Morgan fingerprint density at radius 3 is 2.61 bits per heavy atom. The fraction of sp³-hybridized carbons (Fsp3) is 0.833. The standard InChI is InChI=1S/C12H21N3O3/c16-11(9-8-10(9)12(17)18)14-2-1-5-15-6-3-13-4-7-15/h9-10,13H,1-8H2,(H,14,16)(H,17,18). The summed E-state index contributed by atoms with van der Waals surface area (Å²) in [4.78, 5) is 24.6. The molecule has 3 N–H and O–H groups in total. The van der Waals surface area contributed by atoms with Crippen LogP contribution in [-0.4, -0.2) is 61.2 Å². The lowest BCUT2D eigenvalue weighted by atomic mass is 10.3. The van der Waals surface area contributed by atoms with Gasteiger partial charge in [-0.1, -0.05) is 0 Å². The lowest BCUT2D eigenvalue weighted by Gasteiger charge is -2.27. The van der Waals surface area contributed by atoms with Gasteiger partial charge in [0, 0.05) is 32.7 Å². The third kappa shape index (κ3) is 3.68. The molecule has 1 aliphatic carbocycles. The molecule has 6 nitrogen and oxygen atoms in total. The molecule has 0 aromatic carbocycles. The largest absolute Gasteiger partial charge is 0.481 e. The van der Waals surface area contributed by atoms with Crippen molar-refractivity contribution in [2.24, 2.45) is 11.8 Å². The van der Waals surface area contributed by atoms with E-state index >= 15 is 0 Å². The summed E-state index contributed by atoms with van der Waals surface area (Å²) in [5, 5.41) is 14.8. The van der Waals surface area contributed by atoms with E-state index in [1.54, 1.807) is 0 Å². The molecule has 2 unspecified atom stereocenters. The number of carboxylic acid groups (broad SMARTS) is 1. The van der Waals surface area contributed by atoms with Gasteiger partial charge in [0.2, 0.25) is 5.91 Å². The van der Waals surface area contributed by atoms with E-state index in [1.807, 2.05) is 0 Å². The number of nitrogens with zero attached hydrogens (tertiary/aromatic N) is 1. The maximum Gasteiger partial charge on any atom is 0.307 e. The molecule has 0 aromatic rings. The summed E-state index contributed by atoms with van der Waals surface area (Å²) in [6.45, 7) is 5.85.